The molecule has 0 bridgehead atoms. The largest absolute Gasteiger partial charge is 0.345 e. The summed E-state index contributed by atoms with van der Waals surface area (Å²) in [6.07, 6.45) is 4.21. The van der Waals surface area contributed by atoms with Gasteiger partial charge in [-0.25, -0.2) is 0 Å². The number of rotatable bonds is 14. The maximum Gasteiger partial charge on any atom is 0.246 e. The second-order valence-corrected chi connectivity index (χ2v) is 9.95. The summed E-state index contributed by atoms with van der Waals surface area (Å²) < 4.78 is 0. The van der Waals surface area contributed by atoms with Crippen LogP contribution in [-0.4, -0.2) is 53.1 Å². The molecule has 0 saturated carbocycles. The Labute approximate surface area is 220 Å². The van der Waals surface area contributed by atoms with E-state index < -0.39 is 18.0 Å². The molecule has 0 aromatic heterocycles. The lowest BCUT2D eigenvalue weighted by atomic mass is 9.90. The Morgan fingerprint density at radius 2 is 1.57 bits per heavy atom. The number of aryl methyl sites for hydroxylation is 1. The van der Waals surface area contributed by atoms with Crippen molar-refractivity contribution >= 4 is 35.2 Å². The molecule has 1 fully saturated rings. The third-order valence-corrected chi connectivity index (χ3v) is 7.05. The van der Waals surface area contributed by atoms with E-state index in [9.17, 15) is 24.0 Å². The molecule has 37 heavy (non-hydrogen) atoms. The lowest BCUT2D eigenvalue weighted by Gasteiger charge is -2.19. The fraction of sp³-hybridized carbons (Fsp3) is 0.607. The number of likely N-dealkylation sites (tertiary alicyclic amines) is 1. The first-order chi connectivity index (χ1) is 17.6. The number of benzene rings is 1. The predicted octanol–water partition coefficient (Wildman–Crippen LogP) is 3.18. The first-order valence-corrected chi connectivity index (χ1v) is 13.4. The summed E-state index contributed by atoms with van der Waals surface area (Å²) in [7, 11) is 0. The lowest BCUT2D eigenvalue weighted by Crippen LogP contribution is -2.50. The molecule has 5 amide bonds. The molecule has 9 nitrogen and oxygen atoms in total. The van der Waals surface area contributed by atoms with E-state index in [-0.39, 0.29) is 41.9 Å². The van der Waals surface area contributed by atoms with Crippen molar-refractivity contribution in [2.45, 2.75) is 91.6 Å². The zero-order valence-electron chi connectivity index (χ0n) is 22.8. The molecule has 0 radical (unpaired) electrons. The topological polar surface area (TPSA) is 125 Å². The van der Waals surface area contributed by atoms with Crippen LogP contribution in [-0.2, 0) is 30.4 Å². The van der Waals surface area contributed by atoms with Gasteiger partial charge < -0.3 is 16.0 Å². The van der Waals surface area contributed by atoms with Gasteiger partial charge in [0.05, 0.1) is 0 Å². The molecule has 0 spiro atoms. The van der Waals surface area contributed by atoms with Crippen LogP contribution in [0.3, 0.4) is 0 Å². The summed E-state index contributed by atoms with van der Waals surface area (Å²) in [5.74, 6) is -1.25. The first kappa shape index (κ1) is 30.0. The highest BCUT2D eigenvalue weighted by Gasteiger charge is 2.40. The van der Waals surface area contributed by atoms with Gasteiger partial charge in [0, 0.05) is 31.0 Å². The third-order valence-electron chi connectivity index (χ3n) is 7.05. The number of imide groups is 1. The van der Waals surface area contributed by atoms with E-state index >= 15 is 0 Å². The van der Waals surface area contributed by atoms with Crippen molar-refractivity contribution in [2.24, 2.45) is 11.8 Å². The molecule has 1 saturated heterocycles. The van der Waals surface area contributed by atoms with Crippen molar-refractivity contribution in [2.75, 3.05) is 11.9 Å². The van der Waals surface area contributed by atoms with Gasteiger partial charge in [0.2, 0.25) is 29.5 Å². The molecule has 3 N–H and O–H groups in total. The van der Waals surface area contributed by atoms with Crippen molar-refractivity contribution in [3.05, 3.63) is 29.8 Å². The number of hydrogen-bond acceptors (Lipinski definition) is 5. The molecule has 204 valence electrons. The molecule has 2 rings (SSSR count). The van der Waals surface area contributed by atoms with E-state index in [0.29, 0.717) is 37.9 Å². The van der Waals surface area contributed by atoms with Crippen LogP contribution in [0.2, 0.25) is 0 Å². The van der Waals surface area contributed by atoms with Gasteiger partial charge in [0.25, 0.3) is 0 Å². The molecule has 1 aliphatic rings. The van der Waals surface area contributed by atoms with Crippen molar-refractivity contribution in [1.29, 1.82) is 0 Å². The van der Waals surface area contributed by atoms with Crippen LogP contribution in [0, 0.1) is 11.8 Å². The maximum atomic E-state index is 12.5. The van der Waals surface area contributed by atoms with Crippen molar-refractivity contribution in [3.63, 3.8) is 0 Å². The van der Waals surface area contributed by atoms with Gasteiger partial charge >= 0.3 is 0 Å². The molecule has 2 unspecified atom stereocenters. The highest BCUT2D eigenvalue weighted by molar-refractivity contribution is 6.03. The lowest BCUT2D eigenvalue weighted by molar-refractivity contribution is -0.140. The average molecular weight is 515 g/mol. The quantitative estimate of drug-likeness (QED) is 0.260. The van der Waals surface area contributed by atoms with Crippen LogP contribution in [0.4, 0.5) is 5.69 Å². The summed E-state index contributed by atoms with van der Waals surface area (Å²) >= 11 is 0. The molecule has 4 atom stereocenters. The summed E-state index contributed by atoms with van der Waals surface area (Å²) in [5, 5.41) is 8.05. The standard InChI is InChI=1S/C28H42N4O5/c1-6-18(3)23-17-25(34)32(28(23)37)16-10-8-9-11-24(33)29-19(4)26(35)30-20(5)27(36)31-22-14-12-21(7-2)13-15-22/h12-15,18-20,23H,6-11,16-17H2,1-5H3,(H,29,33)(H,30,35)(H,31,36)/t18?,19-,20-,23?/m0/s1. The average Bonchev–Trinajstić information content (AvgIpc) is 3.16. The second-order valence-electron chi connectivity index (χ2n) is 9.95. The number of amides is 5. The Bertz CT molecular complexity index is 962. The number of hydrogen-bond donors (Lipinski definition) is 3. The minimum atomic E-state index is -0.788. The van der Waals surface area contributed by atoms with Crippen LogP contribution in [0.5, 0.6) is 0 Å². The maximum absolute atomic E-state index is 12.5. The van der Waals surface area contributed by atoms with Crippen LogP contribution in [0.1, 0.15) is 78.7 Å². The minimum absolute atomic E-state index is 0.0748. The second kappa shape index (κ2) is 14.5. The van der Waals surface area contributed by atoms with Crippen molar-refractivity contribution in [3.8, 4) is 0 Å². The first-order valence-electron chi connectivity index (χ1n) is 13.4. The van der Waals surface area contributed by atoms with E-state index in [1.165, 1.54) is 4.90 Å². The number of nitrogens with one attached hydrogen (secondary N) is 3. The molecule has 1 aliphatic heterocycles. The summed E-state index contributed by atoms with van der Waals surface area (Å²) in [4.78, 5) is 63.1. The van der Waals surface area contributed by atoms with Gasteiger partial charge in [-0.2, -0.15) is 0 Å². The van der Waals surface area contributed by atoms with Gasteiger partial charge in [-0.1, -0.05) is 45.7 Å². The van der Waals surface area contributed by atoms with E-state index in [2.05, 4.69) is 22.9 Å². The predicted molar refractivity (Wildman–Crippen MR) is 142 cm³/mol. The monoisotopic (exact) mass is 514 g/mol. The number of unbranched alkanes of at least 4 members (excludes halogenated alkanes) is 2. The molecular formula is C28H42N4O5. The van der Waals surface area contributed by atoms with Gasteiger partial charge in [-0.05, 0) is 56.7 Å². The normalized spacial score (nSPS) is 17.8. The van der Waals surface area contributed by atoms with Gasteiger partial charge in [0.15, 0.2) is 0 Å². The van der Waals surface area contributed by atoms with E-state index in [1.54, 1.807) is 13.8 Å². The molecule has 9 heteroatoms. The highest BCUT2D eigenvalue weighted by Crippen LogP contribution is 2.28. The zero-order valence-corrected chi connectivity index (χ0v) is 22.8. The van der Waals surface area contributed by atoms with Crippen LogP contribution < -0.4 is 16.0 Å². The van der Waals surface area contributed by atoms with Crippen LogP contribution >= 0.6 is 0 Å². The summed E-state index contributed by atoms with van der Waals surface area (Å²) in [6.45, 7) is 9.61. The summed E-state index contributed by atoms with van der Waals surface area (Å²) in [5.41, 5.74) is 1.81. The molecular weight excluding hydrogens is 472 g/mol. The Kier molecular flexibility index (Phi) is 11.8. The SMILES string of the molecule is CCc1ccc(NC(=O)[C@H](C)NC(=O)[C@H](C)NC(=O)CCCCCN2C(=O)CC(C(C)CC)C2=O)cc1. The van der Waals surface area contributed by atoms with E-state index in [0.717, 1.165) is 18.4 Å². The number of nitrogens with zero attached hydrogens (tertiary/aromatic N) is 1. The highest BCUT2D eigenvalue weighted by atomic mass is 16.2. The minimum Gasteiger partial charge on any atom is -0.345 e. The van der Waals surface area contributed by atoms with Gasteiger partial charge in [-0.3, -0.25) is 28.9 Å². The van der Waals surface area contributed by atoms with E-state index in [1.807, 2.05) is 38.1 Å². The number of carbonyl (C=O) groups excluding carboxylic acids is 5. The Hall–Kier alpha value is -3.23. The Balaban J connectivity index is 1.65. The smallest absolute Gasteiger partial charge is 0.246 e. The fourth-order valence-corrected chi connectivity index (χ4v) is 4.26. The van der Waals surface area contributed by atoms with E-state index in [4.69, 9.17) is 0 Å². The Morgan fingerprint density at radius 3 is 2.19 bits per heavy atom. The zero-order chi connectivity index (χ0) is 27.5. The molecule has 1 aromatic carbocycles. The van der Waals surface area contributed by atoms with Crippen LogP contribution in [0.25, 0.3) is 0 Å². The fourth-order valence-electron chi connectivity index (χ4n) is 4.26. The van der Waals surface area contributed by atoms with Gasteiger partial charge in [-0.15, -0.1) is 0 Å². The molecule has 1 heterocycles. The number of anilines is 1. The number of carbonyl (C=O) groups is 5. The van der Waals surface area contributed by atoms with Crippen molar-refractivity contribution < 1.29 is 24.0 Å². The molecule has 1 aromatic rings. The molecule has 0 aliphatic carbocycles. The third kappa shape index (κ3) is 8.98. The Morgan fingerprint density at radius 1 is 0.919 bits per heavy atom. The van der Waals surface area contributed by atoms with Gasteiger partial charge in [0.1, 0.15) is 12.1 Å². The summed E-state index contributed by atoms with van der Waals surface area (Å²) in [6, 6.07) is 5.95. The van der Waals surface area contributed by atoms with Crippen molar-refractivity contribution in [1.82, 2.24) is 15.5 Å². The van der Waals surface area contributed by atoms with Crippen LogP contribution in [0.15, 0.2) is 24.3 Å².